The zero-order chi connectivity index (χ0) is 12.3. The number of aromatic nitrogens is 2. The summed E-state index contributed by atoms with van der Waals surface area (Å²) in [6, 6.07) is 5.76. The molecule has 1 heterocycles. The van der Waals surface area contributed by atoms with E-state index in [2.05, 4.69) is 10.1 Å². The molecule has 2 aromatic rings. The fraction of sp³-hybridized carbons (Fsp3) is 0.333. The van der Waals surface area contributed by atoms with Crippen LogP contribution in [0.3, 0.4) is 0 Å². The molecule has 2 N–H and O–H groups in total. The third-order valence-electron chi connectivity index (χ3n) is 2.50. The van der Waals surface area contributed by atoms with Crippen LogP contribution in [0.25, 0.3) is 0 Å². The van der Waals surface area contributed by atoms with E-state index in [4.69, 9.17) is 15.0 Å². The first-order valence-electron chi connectivity index (χ1n) is 5.40. The monoisotopic (exact) mass is 233 g/mol. The first kappa shape index (κ1) is 11.4. The predicted molar refractivity (Wildman–Crippen MR) is 63.8 cm³/mol. The molecule has 0 saturated heterocycles. The highest BCUT2D eigenvalue weighted by Gasteiger charge is 2.04. The van der Waals surface area contributed by atoms with Crippen LogP contribution in [-0.4, -0.2) is 17.3 Å². The van der Waals surface area contributed by atoms with Crippen molar-refractivity contribution >= 4 is 5.69 Å². The molecule has 17 heavy (non-hydrogen) atoms. The Balaban J connectivity index is 2.02. The number of nitrogen functional groups attached to an aromatic ring is 1. The van der Waals surface area contributed by atoms with Crippen molar-refractivity contribution in [1.29, 1.82) is 0 Å². The molecule has 0 atom stereocenters. The Hall–Kier alpha value is -2.04. The molecule has 0 fully saturated rings. The first-order valence-corrected chi connectivity index (χ1v) is 5.40. The van der Waals surface area contributed by atoms with Crippen molar-refractivity contribution in [2.75, 3.05) is 12.8 Å². The molecular formula is C12H15N3O2. The van der Waals surface area contributed by atoms with E-state index >= 15 is 0 Å². The fourth-order valence-electron chi connectivity index (χ4n) is 1.64. The van der Waals surface area contributed by atoms with Crippen LogP contribution in [0.15, 0.2) is 22.7 Å². The van der Waals surface area contributed by atoms with Gasteiger partial charge in [-0.05, 0) is 24.1 Å². The van der Waals surface area contributed by atoms with Gasteiger partial charge in [0.15, 0.2) is 5.82 Å². The van der Waals surface area contributed by atoms with Gasteiger partial charge in [-0.2, -0.15) is 4.98 Å². The van der Waals surface area contributed by atoms with Gasteiger partial charge in [0.1, 0.15) is 5.75 Å². The molecule has 0 bridgehead atoms. The highest BCUT2D eigenvalue weighted by atomic mass is 16.5. The second-order valence-electron chi connectivity index (χ2n) is 3.81. The molecule has 90 valence electrons. The molecule has 0 aliphatic heterocycles. The first-order chi connectivity index (χ1) is 8.19. The number of benzene rings is 1. The van der Waals surface area contributed by atoms with Gasteiger partial charge in [0.2, 0.25) is 5.89 Å². The summed E-state index contributed by atoms with van der Waals surface area (Å²) < 4.78 is 10.0. The van der Waals surface area contributed by atoms with E-state index in [1.807, 2.05) is 18.2 Å². The molecule has 2 rings (SSSR count). The quantitative estimate of drug-likeness (QED) is 0.814. The van der Waals surface area contributed by atoms with Gasteiger partial charge in [-0.1, -0.05) is 11.2 Å². The average molecular weight is 233 g/mol. The third kappa shape index (κ3) is 2.75. The summed E-state index contributed by atoms with van der Waals surface area (Å²) in [5.41, 5.74) is 7.61. The fourth-order valence-corrected chi connectivity index (χ4v) is 1.64. The summed E-state index contributed by atoms with van der Waals surface area (Å²) in [6.45, 7) is 1.78. The van der Waals surface area contributed by atoms with Gasteiger partial charge in [0.05, 0.1) is 12.8 Å². The lowest BCUT2D eigenvalue weighted by atomic mass is 10.1. The predicted octanol–water partition coefficient (Wildman–Crippen LogP) is 1.75. The Morgan fingerprint density at radius 3 is 2.76 bits per heavy atom. The number of nitrogens with two attached hydrogens (primary N) is 1. The average Bonchev–Trinajstić information content (AvgIpc) is 2.73. The van der Waals surface area contributed by atoms with Crippen molar-refractivity contribution in [2.24, 2.45) is 0 Å². The van der Waals surface area contributed by atoms with Crippen LogP contribution >= 0.6 is 0 Å². The third-order valence-corrected chi connectivity index (χ3v) is 2.50. The van der Waals surface area contributed by atoms with Crippen molar-refractivity contribution in [3.63, 3.8) is 0 Å². The number of anilines is 1. The highest BCUT2D eigenvalue weighted by Crippen LogP contribution is 2.22. The Labute approximate surface area is 99.6 Å². The van der Waals surface area contributed by atoms with Gasteiger partial charge < -0.3 is 15.0 Å². The van der Waals surface area contributed by atoms with E-state index in [-0.39, 0.29) is 0 Å². The highest BCUT2D eigenvalue weighted by molar-refractivity contribution is 5.54. The topological polar surface area (TPSA) is 74.2 Å². The zero-order valence-corrected chi connectivity index (χ0v) is 9.93. The molecule has 0 radical (unpaired) electrons. The van der Waals surface area contributed by atoms with Crippen molar-refractivity contribution in [3.05, 3.63) is 35.5 Å². The van der Waals surface area contributed by atoms with Crippen molar-refractivity contribution < 1.29 is 9.26 Å². The molecule has 0 saturated carbocycles. The minimum Gasteiger partial charge on any atom is -0.495 e. The lowest BCUT2D eigenvalue weighted by Gasteiger charge is -2.06. The van der Waals surface area contributed by atoms with E-state index in [1.54, 1.807) is 14.0 Å². The van der Waals surface area contributed by atoms with Crippen molar-refractivity contribution in [2.45, 2.75) is 19.8 Å². The summed E-state index contributed by atoms with van der Waals surface area (Å²) in [4.78, 5) is 4.15. The molecular weight excluding hydrogens is 218 g/mol. The van der Waals surface area contributed by atoms with Gasteiger partial charge in [-0.15, -0.1) is 0 Å². The summed E-state index contributed by atoms with van der Waals surface area (Å²) in [7, 11) is 1.60. The van der Waals surface area contributed by atoms with Crippen LogP contribution in [0, 0.1) is 6.92 Å². The van der Waals surface area contributed by atoms with Crippen molar-refractivity contribution in [1.82, 2.24) is 10.1 Å². The number of hydrogen-bond donors (Lipinski definition) is 1. The summed E-state index contributed by atoms with van der Waals surface area (Å²) in [6.07, 6.45) is 1.57. The maximum absolute atomic E-state index is 5.83. The molecule has 0 amide bonds. The van der Waals surface area contributed by atoms with Gasteiger partial charge in [-0.25, -0.2) is 0 Å². The molecule has 1 aromatic carbocycles. The smallest absolute Gasteiger partial charge is 0.223 e. The second-order valence-corrected chi connectivity index (χ2v) is 3.81. The van der Waals surface area contributed by atoms with Crippen molar-refractivity contribution in [3.8, 4) is 5.75 Å². The van der Waals surface area contributed by atoms with Crippen LogP contribution < -0.4 is 10.5 Å². The SMILES string of the molecule is COc1ccc(CCc2noc(C)n2)cc1N. The van der Waals surface area contributed by atoms with Crippen LogP contribution in [0.1, 0.15) is 17.3 Å². The summed E-state index contributed by atoms with van der Waals surface area (Å²) in [5, 5.41) is 3.84. The summed E-state index contributed by atoms with van der Waals surface area (Å²) in [5.74, 6) is 2.01. The zero-order valence-electron chi connectivity index (χ0n) is 9.93. The van der Waals surface area contributed by atoms with Gasteiger partial charge in [0.25, 0.3) is 0 Å². The van der Waals surface area contributed by atoms with Gasteiger partial charge in [0, 0.05) is 13.3 Å². The Kier molecular flexibility index (Phi) is 3.27. The summed E-state index contributed by atoms with van der Waals surface area (Å²) >= 11 is 0. The number of hydrogen-bond acceptors (Lipinski definition) is 5. The van der Waals surface area contributed by atoms with Crippen LogP contribution in [0.4, 0.5) is 5.69 Å². The van der Waals surface area contributed by atoms with E-state index in [0.717, 1.165) is 24.2 Å². The molecule has 5 heteroatoms. The molecule has 1 aromatic heterocycles. The Morgan fingerprint density at radius 2 is 2.18 bits per heavy atom. The van der Waals surface area contributed by atoms with Gasteiger partial charge >= 0.3 is 0 Å². The number of nitrogens with zero attached hydrogens (tertiary/aromatic N) is 2. The number of rotatable bonds is 4. The Morgan fingerprint density at radius 1 is 1.35 bits per heavy atom. The lowest BCUT2D eigenvalue weighted by molar-refractivity contribution is 0.387. The molecule has 0 aliphatic rings. The van der Waals surface area contributed by atoms with E-state index < -0.39 is 0 Å². The number of ether oxygens (including phenoxy) is 1. The minimum absolute atomic E-state index is 0.592. The van der Waals surface area contributed by atoms with E-state index in [9.17, 15) is 0 Å². The van der Waals surface area contributed by atoms with Crippen LogP contribution in [-0.2, 0) is 12.8 Å². The lowest BCUT2D eigenvalue weighted by Crippen LogP contribution is -1.97. The molecule has 0 aliphatic carbocycles. The van der Waals surface area contributed by atoms with E-state index in [0.29, 0.717) is 17.3 Å². The number of aryl methyl sites for hydroxylation is 3. The van der Waals surface area contributed by atoms with E-state index in [1.165, 1.54) is 0 Å². The molecule has 0 unspecified atom stereocenters. The standard InChI is InChI=1S/C12H15N3O2/c1-8-14-12(15-17-8)6-4-9-3-5-11(16-2)10(13)7-9/h3,5,7H,4,6,13H2,1-2H3. The normalized spacial score (nSPS) is 10.5. The van der Waals surface area contributed by atoms with Crippen LogP contribution in [0.5, 0.6) is 5.75 Å². The maximum Gasteiger partial charge on any atom is 0.223 e. The van der Waals surface area contributed by atoms with Gasteiger partial charge in [-0.3, -0.25) is 0 Å². The van der Waals surface area contributed by atoms with Crippen LogP contribution in [0.2, 0.25) is 0 Å². The minimum atomic E-state index is 0.592. The Bertz CT molecular complexity index is 508. The number of methoxy groups -OCH3 is 1. The largest absolute Gasteiger partial charge is 0.495 e. The maximum atomic E-state index is 5.83. The molecule has 5 nitrogen and oxygen atoms in total. The molecule has 0 spiro atoms. The second kappa shape index (κ2) is 4.86.